The van der Waals surface area contributed by atoms with Gasteiger partial charge in [0.25, 0.3) is 0 Å². The van der Waals surface area contributed by atoms with Crippen molar-refractivity contribution >= 4 is 46.6 Å². The SMILES string of the molecule is O=C(CCCCCN1C(=O)[C@@H]2[C@H](C1=O)C1(Cl)c3ccccc3C2(Cl)c2ccccc21)Nc1cccc(C(F)(F)F)c1. The standard InChI is InChI=1S/C31H25Cl2F3N2O3/c32-29-20-11-3-4-12-21(20)30(33,23-14-6-5-13-22(23)29)26-25(29)27(40)38(28(26)41)16-7-1-2-15-24(39)37-19-10-8-9-18(17-19)31(34,35)36/h3-6,8-14,17,25-26H,1-2,7,15-16H2,(H,37,39)/t25-,26+,29?,30?. The van der Waals surface area contributed by atoms with Crippen LogP contribution < -0.4 is 5.32 Å². The molecule has 1 fully saturated rings. The molecule has 212 valence electrons. The minimum atomic E-state index is -4.50. The molecule has 3 aliphatic carbocycles. The number of carbonyl (C=O) groups excluding carboxylic acids is 3. The summed E-state index contributed by atoms with van der Waals surface area (Å²) >= 11 is 14.8. The van der Waals surface area contributed by atoms with Crippen LogP contribution in [0.1, 0.15) is 53.5 Å². The highest BCUT2D eigenvalue weighted by Crippen LogP contribution is 2.69. The Balaban J connectivity index is 1.12. The van der Waals surface area contributed by atoms with Crippen LogP contribution in [0.5, 0.6) is 0 Å². The summed E-state index contributed by atoms with van der Waals surface area (Å²) in [5.74, 6) is -2.82. The highest BCUT2D eigenvalue weighted by atomic mass is 35.5. The molecule has 0 saturated carbocycles. The lowest BCUT2D eigenvalue weighted by atomic mass is 9.54. The molecule has 3 aromatic rings. The first-order valence-corrected chi connectivity index (χ1v) is 14.1. The van der Waals surface area contributed by atoms with Gasteiger partial charge in [-0.25, -0.2) is 0 Å². The van der Waals surface area contributed by atoms with E-state index in [1.165, 1.54) is 17.0 Å². The lowest BCUT2D eigenvalue weighted by Crippen LogP contribution is -2.57. The minimum absolute atomic E-state index is 0.0716. The topological polar surface area (TPSA) is 66.5 Å². The number of unbranched alkanes of at least 4 members (excludes halogenated alkanes) is 2. The van der Waals surface area contributed by atoms with Gasteiger partial charge in [-0.05, 0) is 53.3 Å². The molecule has 0 aromatic heterocycles. The summed E-state index contributed by atoms with van der Waals surface area (Å²) in [6.07, 6.45) is -2.99. The van der Waals surface area contributed by atoms with E-state index in [2.05, 4.69) is 5.32 Å². The van der Waals surface area contributed by atoms with E-state index in [9.17, 15) is 27.6 Å². The number of nitrogens with zero attached hydrogens (tertiary/aromatic N) is 1. The van der Waals surface area contributed by atoms with Crippen molar-refractivity contribution in [3.63, 3.8) is 0 Å². The lowest BCUT2D eigenvalue weighted by molar-refractivity contribution is -0.140. The Hall–Kier alpha value is -3.36. The molecule has 1 heterocycles. The van der Waals surface area contributed by atoms with Gasteiger partial charge in [0, 0.05) is 18.7 Å². The van der Waals surface area contributed by atoms with Gasteiger partial charge in [0.2, 0.25) is 17.7 Å². The number of likely N-dealkylation sites (tertiary alicyclic amines) is 1. The van der Waals surface area contributed by atoms with Crippen molar-refractivity contribution < 1.29 is 27.6 Å². The number of halogens is 5. The van der Waals surface area contributed by atoms with Crippen molar-refractivity contribution in [3.05, 3.63) is 101 Å². The van der Waals surface area contributed by atoms with Crippen molar-refractivity contribution in [1.82, 2.24) is 4.90 Å². The fraction of sp³-hybridized carbons (Fsp3) is 0.323. The molecule has 4 aliphatic rings. The van der Waals surface area contributed by atoms with Crippen molar-refractivity contribution in [2.24, 2.45) is 11.8 Å². The lowest BCUT2D eigenvalue weighted by Gasteiger charge is -2.54. The molecule has 1 aliphatic heterocycles. The van der Waals surface area contributed by atoms with Crippen LogP contribution in [-0.4, -0.2) is 29.2 Å². The Morgan fingerprint density at radius 1 is 0.780 bits per heavy atom. The monoisotopic (exact) mass is 600 g/mol. The number of benzene rings is 3. The summed E-state index contributed by atoms with van der Waals surface area (Å²) in [6, 6.07) is 19.3. The number of hydrogen-bond donors (Lipinski definition) is 1. The van der Waals surface area contributed by atoms with E-state index in [0.717, 1.165) is 34.4 Å². The summed E-state index contributed by atoms with van der Waals surface area (Å²) in [4.78, 5) is 38.7. The summed E-state index contributed by atoms with van der Waals surface area (Å²) < 4.78 is 38.8. The molecular formula is C31H25Cl2F3N2O3. The summed E-state index contributed by atoms with van der Waals surface area (Å²) in [5.41, 5.74) is 2.20. The highest BCUT2D eigenvalue weighted by molar-refractivity contribution is 6.36. The van der Waals surface area contributed by atoms with Gasteiger partial charge >= 0.3 is 6.18 Å². The van der Waals surface area contributed by atoms with E-state index in [1.807, 2.05) is 48.5 Å². The molecule has 2 bridgehead atoms. The van der Waals surface area contributed by atoms with Crippen LogP contribution in [0.15, 0.2) is 72.8 Å². The first-order chi connectivity index (χ1) is 19.5. The zero-order valence-electron chi connectivity index (χ0n) is 21.7. The molecule has 3 amide bonds. The van der Waals surface area contributed by atoms with E-state index < -0.39 is 39.2 Å². The molecule has 2 atom stereocenters. The number of nitrogens with one attached hydrogen (secondary N) is 1. The first kappa shape index (κ1) is 27.8. The highest BCUT2D eigenvalue weighted by Gasteiger charge is 2.72. The van der Waals surface area contributed by atoms with Crippen molar-refractivity contribution in [2.75, 3.05) is 11.9 Å². The van der Waals surface area contributed by atoms with Gasteiger partial charge in [0.1, 0.15) is 9.75 Å². The molecule has 0 radical (unpaired) electrons. The van der Waals surface area contributed by atoms with Crippen molar-refractivity contribution in [2.45, 2.75) is 41.6 Å². The predicted octanol–water partition coefficient (Wildman–Crippen LogP) is 6.80. The Morgan fingerprint density at radius 2 is 1.29 bits per heavy atom. The number of imide groups is 1. The molecule has 10 heteroatoms. The van der Waals surface area contributed by atoms with Crippen LogP contribution in [0.3, 0.4) is 0 Å². The maximum absolute atomic E-state index is 13.8. The average Bonchev–Trinajstić information content (AvgIpc) is 3.21. The Morgan fingerprint density at radius 3 is 1.78 bits per heavy atom. The predicted molar refractivity (Wildman–Crippen MR) is 148 cm³/mol. The fourth-order valence-electron chi connectivity index (χ4n) is 6.67. The van der Waals surface area contributed by atoms with E-state index >= 15 is 0 Å². The van der Waals surface area contributed by atoms with Gasteiger partial charge < -0.3 is 5.32 Å². The average molecular weight is 601 g/mol. The van der Waals surface area contributed by atoms with Gasteiger partial charge in [-0.3, -0.25) is 19.3 Å². The molecule has 7 rings (SSSR count). The van der Waals surface area contributed by atoms with Gasteiger partial charge in [-0.15, -0.1) is 23.2 Å². The van der Waals surface area contributed by atoms with Crippen LogP contribution in [0.4, 0.5) is 18.9 Å². The van der Waals surface area contributed by atoms with E-state index in [0.29, 0.717) is 19.3 Å². The number of amides is 3. The maximum atomic E-state index is 13.8. The third kappa shape index (κ3) is 4.17. The molecule has 0 spiro atoms. The zero-order valence-corrected chi connectivity index (χ0v) is 23.2. The number of hydrogen-bond acceptors (Lipinski definition) is 3. The van der Waals surface area contributed by atoms with Crippen LogP contribution in [0.2, 0.25) is 0 Å². The van der Waals surface area contributed by atoms with Crippen LogP contribution in [0, 0.1) is 11.8 Å². The van der Waals surface area contributed by atoms with Crippen LogP contribution in [-0.2, 0) is 30.3 Å². The van der Waals surface area contributed by atoms with Gasteiger partial charge in [0.05, 0.1) is 17.4 Å². The first-order valence-electron chi connectivity index (χ1n) is 13.4. The Bertz CT molecular complexity index is 1450. The smallest absolute Gasteiger partial charge is 0.326 e. The second-order valence-corrected chi connectivity index (χ2v) is 11.9. The summed E-state index contributed by atoms with van der Waals surface area (Å²) in [7, 11) is 0. The van der Waals surface area contributed by atoms with Gasteiger partial charge in [0.15, 0.2) is 0 Å². The van der Waals surface area contributed by atoms with Crippen LogP contribution >= 0.6 is 23.2 Å². The Labute approximate surface area is 244 Å². The quantitative estimate of drug-likeness (QED) is 0.184. The van der Waals surface area contributed by atoms with Crippen molar-refractivity contribution in [3.8, 4) is 0 Å². The Kier molecular flexibility index (Phi) is 6.70. The molecule has 1 saturated heterocycles. The fourth-order valence-corrected chi connectivity index (χ4v) is 7.77. The molecule has 5 nitrogen and oxygen atoms in total. The maximum Gasteiger partial charge on any atom is 0.416 e. The molecular weight excluding hydrogens is 576 g/mol. The summed E-state index contributed by atoms with van der Waals surface area (Å²) in [5, 5.41) is 2.49. The van der Waals surface area contributed by atoms with E-state index in [-0.39, 0.29) is 30.5 Å². The molecule has 3 aromatic carbocycles. The third-order valence-electron chi connectivity index (χ3n) is 8.44. The number of anilines is 1. The molecule has 41 heavy (non-hydrogen) atoms. The van der Waals surface area contributed by atoms with Gasteiger partial charge in [-0.2, -0.15) is 13.2 Å². The largest absolute Gasteiger partial charge is 0.416 e. The zero-order chi connectivity index (χ0) is 29.2. The number of rotatable bonds is 7. The summed E-state index contributed by atoms with van der Waals surface area (Å²) in [6.45, 7) is 0.159. The normalized spacial score (nSPS) is 26.0. The second-order valence-electron chi connectivity index (χ2n) is 10.7. The van der Waals surface area contributed by atoms with Crippen LogP contribution in [0.25, 0.3) is 0 Å². The molecule has 0 unspecified atom stereocenters. The number of alkyl halides is 5. The third-order valence-corrected chi connectivity index (χ3v) is 9.72. The van der Waals surface area contributed by atoms with E-state index in [1.54, 1.807) is 0 Å². The van der Waals surface area contributed by atoms with E-state index in [4.69, 9.17) is 23.2 Å². The second kappa shape index (κ2) is 9.88. The van der Waals surface area contributed by atoms with Crippen molar-refractivity contribution in [1.29, 1.82) is 0 Å². The van der Waals surface area contributed by atoms with Gasteiger partial charge in [-0.1, -0.05) is 61.0 Å². The molecule has 1 N–H and O–H groups in total. The number of carbonyl (C=O) groups is 3. The minimum Gasteiger partial charge on any atom is -0.326 e.